The maximum Gasteiger partial charge on any atom is 0.337 e. The van der Waals surface area contributed by atoms with E-state index in [9.17, 15) is 9.59 Å². The zero-order valence-corrected chi connectivity index (χ0v) is 13.8. The number of rotatable bonds is 3. The number of nitrogens with one attached hydrogen (secondary N) is 1. The monoisotopic (exact) mass is 392 g/mol. The third kappa shape index (κ3) is 3.54. The summed E-state index contributed by atoms with van der Waals surface area (Å²) in [4.78, 5) is 27.8. The maximum absolute atomic E-state index is 12.0. The van der Waals surface area contributed by atoms with Gasteiger partial charge in [-0.3, -0.25) is 4.79 Å². The molecule has 0 spiro atoms. The van der Waals surface area contributed by atoms with Gasteiger partial charge in [-0.25, -0.2) is 9.79 Å². The van der Waals surface area contributed by atoms with Gasteiger partial charge in [-0.2, -0.15) is 0 Å². The summed E-state index contributed by atoms with van der Waals surface area (Å²) >= 11 is 4.31. The van der Waals surface area contributed by atoms with E-state index < -0.39 is 5.97 Å². The molecule has 0 unspecified atom stereocenters. The minimum absolute atomic E-state index is 0.0715. The molecular formula is C15H9BrN2O4S. The highest BCUT2D eigenvalue weighted by Crippen LogP contribution is 2.30. The Morgan fingerprint density at radius 3 is 2.78 bits per heavy atom. The molecular weight excluding hydrogens is 384 g/mol. The lowest BCUT2D eigenvalue weighted by atomic mass is 10.2. The number of hydrogen-bond donors (Lipinski definition) is 2. The molecule has 0 bridgehead atoms. The molecule has 1 aromatic carbocycles. The predicted octanol–water partition coefficient (Wildman–Crippen LogP) is 3.63. The molecule has 3 rings (SSSR count). The van der Waals surface area contributed by atoms with Crippen LogP contribution in [0.1, 0.15) is 16.1 Å². The van der Waals surface area contributed by atoms with Crippen LogP contribution in [0.15, 0.2) is 55.4 Å². The van der Waals surface area contributed by atoms with Crippen molar-refractivity contribution in [1.29, 1.82) is 0 Å². The highest BCUT2D eigenvalue weighted by atomic mass is 79.9. The van der Waals surface area contributed by atoms with Crippen LogP contribution in [0.3, 0.4) is 0 Å². The normalized spacial score (nSPS) is 17.7. The van der Waals surface area contributed by atoms with E-state index in [2.05, 4.69) is 26.2 Å². The van der Waals surface area contributed by atoms with E-state index in [0.717, 1.165) is 11.8 Å². The molecule has 2 aromatic rings. The van der Waals surface area contributed by atoms with Crippen molar-refractivity contribution in [3.05, 3.63) is 57.3 Å². The Morgan fingerprint density at radius 1 is 1.30 bits per heavy atom. The molecule has 0 saturated carbocycles. The third-order valence-corrected chi connectivity index (χ3v) is 4.21. The minimum Gasteiger partial charge on any atom is -0.478 e. The van der Waals surface area contributed by atoms with Gasteiger partial charge in [0.05, 0.1) is 16.2 Å². The van der Waals surface area contributed by atoms with Crippen molar-refractivity contribution in [2.24, 2.45) is 4.99 Å². The van der Waals surface area contributed by atoms with Gasteiger partial charge in [-0.05, 0) is 52.0 Å². The van der Waals surface area contributed by atoms with Crippen molar-refractivity contribution in [2.45, 2.75) is 0 Å². The number of amidine groups is 1. The summed E-state index contributed by atoms with van der Waals surface area (Å²) in [7, 11) is 0. The molecule has 2 N–H and O–H groups in total. The summed E-state index contributed by atoms with van der Waals surface area (Å²) < 4.78 is 5.89. The standard InChI is InChI=1S/C15H9BrN2O4S/c16-12-6-5-8(22-12)7-11-13(19)18-15(23-11)17-10-4-2-1-3-9(10)14(20)21/h1-7H,(H,20,21)(H,17,18,19)/b11-7+. The second kappa shape index (κ2) is 6.43. The number of amides is 1. The summed E-state index contributed by atoms with van der Waals surface area (Å²) in [5, 5.41) is 12.1. The van der Waals surface area contributed by atoms with Gasteiger partial charge in [0, 0.05) is 6.08 Å². The number of hydrogen-bond acceptors (Lipinski definition) is 5. The first-order chi connectivity index (χ1) is 11.0. The maximum atomic E-state index is 12.0. The SMILES string of the molecule is O=C1NC(=Nc2ccccc2C(=O)O)S/C1=C/c1ccc(Br)o1. The van der Waals surface area contributed by atoms with Crippen LogP contribution in [0.25, 0.3) is 6.08 Å². The van der Waals surface area contributed by atoms with E-state index in [4.69, 9.17) is 9.52 Å². The van der Waals surface area contributed by atoms with E-state index in [0.29, 0.717) is 20.5 Å². The van der Waals surface area contributed by atoms with Crippen molar-refractivity contribution in [1.82, 2.24) is 5.32 Å². The van der Waals surface area contributed by atoms with Gasteiger partial charge in [0.1, 0.15) is 5.76 Å². The van der Waals surface area contributed by atoms with E-state index in [-0.39, 0.29) is 17.2 Å². The Morgan fingerprint density at radius 2 is 2.09 bits per heavy atom. The van der Waals surface area contributed by atoms with Crippen LogP contribution < -0.4 is 5.32 Å². The number of furan rings is 1. The first-order valence-corrected chi connectivity index (χ1v) is 8.01. The Kier molecular flexibility index (Phi) is 4.35. The fourth-order valence-corrected chi connectivity index (χ4v) is 3.01. The first-order valence-electron chi connectivity index (χ1n) is 6.40. The second-order valence-electron chi connectivity index (χ2n) is 4.45. The molecule has 1 amide bonds. The summed E-state index contributed by atoms with van der Waals surface area (Å²) in [5.74, 6) is -0.855. The molecule has 1 aromatic heterocycles. The Bertz CT molecular complexity index is 857. The summed E-state index contributed by atoms with van der Waals surface area (Å²) in [6.07, 6.45) is 1.59. The third-order valence-electron chi connectivity index (χ3n) is 2.87. The van der Waals surface area contributed by atoms with Crippen LogP contribution in [-0.2, 0) is 4.79 Å². The lowest BCUT2D eigenvalue weighted by molar-refractivity contribution is -0.115. The molecule has 1 saturated heterocycles. The highest BCUT2D eigenvalue weighted by Gasteiger charge is 2.24. The number of carbonyl (C=O) groups is 2. The van der Waals surface area contributed by atoms with E-state index in [1.54, 1.807) is 36.4 Å². The molecule has 1 aliphatic rings. The Balaban J connectivity index is 1.88. The zero-order chi connectivity index (χ0) is 16.4. The van der Waals surface area contributed by atoms with Crippen LogP contribution in [-0.4, -0.2) is 22.2 Å². The van der Waals surface area contributed by atoms with Gasteiger partial charge < -0.3 is 14.8 Å². The van der Waals surface area contributed by atoms with Gasteiger partial charge in [0.15, 0.2) is 9.84 Å². The number of carboxylic acids is 1. The van der Waals surface area contributed by atoms with Crippen LogP contribution in [0.4, 0.5) is 5.69 Å². The molecule has 0 aliphatic carbocycles. The number of halogens is 1. The van der Waals surface area contributed by atoms with Crippen LogP contribution in [0.2, 0.25) is 0 Å². The number of nitrogens with zero attached hydrogens (tertiary/aromatic N) is 1. The zero-order valence-electron chi connectivity index (χ0n) is 11.4. The number of benzene rings is 1. The van der Waals surface area contributed by atoms with Crippen molar-refractivity contribution in [3.63, 3.8) is 0 Å². The lowest BCUT2D eigenvalue weighted by Gasteiger charge is -2.00. The minimum atomic E-state index is -1.07. The molecule has 23 heavy (non-hydrogen) atoms. The predicted molar refractivity (Wildman–Crippen MR) is 90.6 cm³/mol. The Labute approximate surface area is 143 Å². The van der Waals surface area contributed by atoms with Crippen molar-refractivity contribution < 1.29 is 19.1 Å². The van der Waals surface area contributed by atoms with Gasteiger partial charge >= 0.3 is 5.97 Å². The molecule has 1 aliphatic heterocycles. The lowest BCUT2D eigenvalue weighted by Crippen LogP contribution is -2.19. The second-order valence-corrected chi connectivity index (χ2v) is 6.26. The van der Waals surface area contributed by atoms with Gasteiger partial charge in [0.25, 0.3) is 5.91 Å². The molecule has 116 valence electrons. The van der Waals surface area contributed by atoms with Crippen LogP contribution in [0, 0.1) is 0 Å². The van der Waals surface area contributed by atoms with E-state index >= 15 is 0 Å². The molecule has 2 heterocycles. The number of aliphatic imine (C=N–C) groups is 1. The van der Waals surface area contributed by atoms with Crippen LogP contribution in [0.5, 0.6) is 0 Å². The summed E-state index contributed by atoms with van der Waals surface area (Å²) in [6.45, 7) is 0. The summed E-state index contributed by atoms with van der Waals surface area (Å²) in [5.41, 5.74) is 0.354. The fourth-order valence-electron chi connectivity index (χ4n) is 1.88. The van der Waals surface area contributed by atoms with Crippen molar-refractivity contribution >= 4 is 56.5 Å². The number of para-hydroxylation sites is 1. The topological polar surface area (TPSA) is 91.9 Å². The Hall–Kier alpha value is -2.32. The molecule has 8 heteroatoms. The van der Waals surface area contributed by atoms with Gasteiger partial charge in [-0.15, -0.1) is 0 Å². The number of carboxylic acid groups (broad SMARTS) is 1. The first kappa shape index (κ1) is 15.6. The van der Waals surface area contributed by atoms with Crippen LogP contribution >= 0.6 is 27.7 Å². The molecule has 0 atom stereocenters. The quantitative estimate of drug-likeness (QED) is 0.777. The number of carbonyl (C=O) groups excluding carboxylic acids is 1. The molecule has 6 nitrogen and oxygen atoms in total. The largest absolute Gasteiger partial charge is 0.478 e. The number of thioether (sulfide) groups is 1. The molecule has 1 fully saturated rings. The highest BCUT2D eigenvalue weighted by molar-refractivity contribution is 9.10. The van der Waals surface area contributed by atoms with E-state index in [1.165, 1.54) is 6.07 Å². The van der Waals surface area contributed by atoms with Crippen molar-refractivity contribution in [3.8, 4) is 0 Å². The average Bonchev–Trinajstić information content (AvgIpc) is 3.06. The smallest absolute Gasteiger partial charge is 0.337 e. The van der Waals surface area contributed by atoms with Gasteiger partial charge in [-0.1, -0.05) is 12.1 Å². The fraction of sp³-hybridized carbons (Fsp3) is 0. The van der Waals surface area contributed by atoms with Crippen molar-refractivity contribution in [2.75, 3.05) is 0 Å². The summed E-state index contributed by atoms with van der Waals surface area (Å²) in [6, 6.07) is 9.79. The van der Waals surface area contributed by atoms with E-state index in [1.807, 2.05) is 0 Å². The number of aromatic carboxylic acids is 1. The molecule has 0 radical (unpaired) electrons. The van der Waals surface area contributed by atoms with Gasteiger partial charge in [0.2, 0.25) is 0 Å². The average molecular weight is 393 g/mol.